The van der Waals surface area contributed by atoms with Crippen molar-refractivity contribution < 1.29 is 9.26 Å². The Labute approximate surface area is 144 Å². The summed E-state index contributed by atoms with van der Waals surface area (Å²) in [5.41, 5.74) is 3.93. The summed E-state index contributed by atoms with van der Waals surface area (Å²) >= 11 is 3.43. The van der Waals surface area contributed by atoms with Gasteiger partial charge in [-0.2, -0.15) is 0 Å². The Hall–Kier alpha value is -1.81. The molecule has 0 bridgehead atoms. The van der Waals surface area contributed by atoms with Crippen LogP contribution in [-0.4, -0.2) is 17.1 Å². The molecule has 0 saturated heterocycles. The van der Waals surface area contributed by atoms with Crippen LogP contribution in [0.5, 0.6) is 5.75 Å². The Bertz CT molecular complexity index is 768. The van der Waals surface area contributed by atoms with Gasteiger partial charge in [-0.05, 0) is 25.0 Å². The SMILES string of the molecule is CCCc1c(OCCCBr)ccc2c(-c3ccccc3)noc12. The van der Waals surface area contributed by atoms with Gasteiger partial charge in [0.1, 0.15) is 11.4 Å². The molecule has 2 aromatic carbocycles. The summed E-state index contributed by atoms with van der Waals surface area (Å²) in [6.07, 6.45) is 2.94. The fourth-order valence-electron chi connectivity index (χ4n) is 2.70. The first-order valence-corrected chi connectivity index (χ1v) is 9.12. The Morgan fingerprint density at radius 1 is 1.13 bits per heavy atom. The third kappa shape index (κ3) is 3.42. The second-order valence-electron chi connectivity index (χ2n) is 5.46. The maximum atomic E-state index is 5.94. The van der Waals surface area contributed by atoms with Crippen LogP contribution in [0.2, 0.25) is 0 Å². The van der Waals surface area contributed by atoms with Crippen LogP contribution >= 0.6 is 15.9 Å². The Kier molecular flexibility index (Phi) is 5.34. The number of rotatable bonds is 7. The largest absolute Gasteiger partial charge is 0.493 e. The summed E-state index contributed by atoms with van der Waals surface area (Å²) in [5, 5.41) is 6.30. The van der Waals surface area contributed by atoms with Crippen molar-refractivity contribution in [1.29, 1.82) is 0 Å². The number of alkyl halides is 1. The van der Waals surface area contributed by atoms with Crippen molar-refractivity contribution in [2.24, 2.45) is 0 Å². The van der Waals surface area contributed by atoms with E-state index in [-0.39, 0.29) is 0 Å². The van der Waals surface area contributed by atoms with E-state index in [0.717, 1.165) is 58.1 Å². The molecule has 0 fully saturated rings. The highest BCUT2D eigenvalue weighted by molar-refractivity contribution is 9.09. The molecule has 1 aromatic heterocycles. The fourth-order valence-corrected chi connectivity index (χ4v) is 2.93. The average molecular weight is 374 g/mol. The summed E-state index contributed by atoms with van der Waals surface area (Å²) in [6.45, 7) is 2.86. The monoisotopic (exact) mass is 373 g/mol. The van der Waals surface area contributed by atoms with Crippen molar-refractivity contribution in [3.8, 4) is 17.0 Å². The normalized spacial score (nSPS) is 11.0. The smallest absolute Gasteiger partial charge is 0.174 e. The van der Waals surface area contributed by atoms with E-state index in [4.69, 9.17) is 9.26 Å². The highest BCUT2D eigenvalue weighted by Crippen LogP contribution is 2.35. The van der Waals surface area contributed by atoms with E-state index in [1.807, 2.05) is 24.3 Å². The van der Waals surface area contributed by atoms with Crippen molar-refractivity contribution in [2.75, 3.05) is 11.9 Å². The number of nitrogens with zero attached hydrogens (tertiary/aromatic N) is 1. The zero-order chi connectivity index (χ0) is 16.1. The molecule has 0 unspecified atom stereocenters. The van der Waals surface area contributed by atoms with Crippen LogP contribution in [-0.2, 0) is 6.42 Å². The zero-order valence-electron chi connectivity index (χ0n) is 13.2. The molecule has 23 heavy (non-hydrogen) atoms. The molecule has 0 amide bonds. The Morgan fingerprint density at radius 3 is 2.70 bits per heavy atom. The predicted octanol–water partition coefficient (Wildman–Crippen LogP) is 5.61. The number of ether oxygens (including phenoxy) is 1. The first-order valence-electron chi connectivity index (χ1n) is 8.00. The van der Waals surface area contributed by atoms with E-state index in [9.17, 15) is 0 Å². The van der Waals surface area contributed by atoms with Crippen LogP contribution in [0.1, 0.15) is 25.3 Å². The summed E-state index contributed by atoms with van der Waals surface area (Å²) < 4.78 is 11.6. The van der Waals surface area contributed by atoms with Gasteiger partial charge in [0.15, 0.2) is 5.58 Å². The van der Waals surface area contributed by atoms with Gasteiger partial charge in [0.25, 0.3) is 0 Å². The maximum absolute atomic E-state index is 5.94. The van der Waals surface area contributed by atoms with Gasteiger partial charge in [-0.15, -0.1) is 0 Å². The number of halogens is 1. The number of hydrogen-bond donors (Lipinski definition) is 0. The van der Waals surface area contributed by atoms with Crippen LogP contribution in [0.15, 0.2) is 47.0 Å². The molecule has 3 aromatic rings. The molecule has 3 nitrogen and oxygen atoms in total. The molecule has 0 saturated carbocycles. The average Bonchev–Trinajstić information content (AvgIpc) is 3.02. The van der Waals surface area contributed by atoms with Crippen LogP contribution in [0.3, 0.4) is 0 Å². The summed E-state index contributed by atoms with van der Waals surface area (Å²) in [7, 11) is 0. The quantitative estimate of drug-likeness (QED) is 0.398. The van der Waals surface area contributed by atoms with Gasteiger partial charge in [0, 0.05) is 16.5 Å². The van der Waals surface area contributed by atoms with Crippen LogP contribution < -0.4 is 4.74 Å². The summed E-state index contributed by atoms with van der Waals surface area (Å²) in [4.78, 5) is 0. The Balaban J connectivity index is 2.04. The first kappa shape index (κ1) is 16.1. The van der Waals surface area contributed by atoms with Crippen LogP contribution in [0.4, 0.5) is 0 Å². The topological polar surface area (TPSA) is 35.3 Å². The van der Waals surface area contributed by atoms with Crippen molar-refractivity contribution in [2.45, 2.75) is 26.2 Å². The number of fused-ring (bicyclic) bond motifs is 1. The predicted molar refractivity (Wildman–Crippen MR) is 97.3 cm³/mol. The molecule has 0 aliphatic carbocycles. The molecule has 0 atom stereocenters. The highest BCUT2D eigenvalue weighted by Gasteiger charge is 2.17. The number of benzene rings is 2. The van der Waals surface area contributed by atoms with Gasteiger partial charge in [0.2, 0.25) is 0 Å². The van der Waals surface area contributed by atoms with Gasteiger partial charge in [-0.25, -0.2) is 0 Å². The van der Waals surface area contributed by atoms with Gasteiger partial charge in [0.05, 0.1) is 12.0 Å². The van der Waals surface area contributed by atoms with Crippen molar-refractivity contribution in [3.63, 3.8) is 0 Å². The molecule has 0 spiro atoms. The lowest BCUT2D eigenvalue weighted by Crippen LogP contribution is -2.01. The van der Waals surface area contributed by atoms with Crippen LogP contribution in [0, 0.1) is 0 Å². The molecule has 0 aliphatic rings. The van der Waals surface area contributed by atoms with E-state index < -0.39 is 0 Å². The molecule has 4 heteroatoms. The minimum absolute atomic E-state index is 0.702. The molecular formula is C19H20BrNO2. The van der Waals surface area contributed by atoms with Gasteiger partial charge in [-0.3, -0.25) is 0 Å². The number of hydrogen-bond acceptors (Lipinski definition) is 3. The van der Waals surface area contributed by atoms with Crippen molar-refractivity contribution in [1.82, 2.24) is 5.16 Å². The molecule has 3 rings (SSSR count). The first-order chi connectivity index (χ1) is 11.3. The van der Waals surface area contributed by atoms with E-state index in [1.54, 1.807) is 0 Å². The lowest BCUT2D eigenvalue weighted by Gasteiger charge is -2.10. The minimum atomic E-state index is 0.702. The standard InChI is InChI=1S/C19H20BrNO2/c1-2-7-15-17(22-13-6-12-20)11-10-16-18(21-23-19(15)16)14-8-4-3-5-9-14/h3-5,8-11H,2,6-7,12-13H2,1H3. The molecular weight excluding hydrogens is 354 g/mol. The third-order valence-electron chi connectivity index (χ3n) is 3.78. The van der Waals surface area contributed by atoms with E-state index in [2.05, 4.69) is 46.2 Å². The fraction of sp³-hybridized carbons (Fsp3) is 0.316. The number of aromatic nitrogens is 1. The third-order valence-corrected chi connectivity index (χ3v) is 4.34. The molecule has 0 N–H and O–H groups in total. The second-order valence-corrected chi connectivity index (χ2v) is 6.25. The van der Waals surface area contributed by atoms with Crippen molar-refractivity contribution >= 4 is 26.9 Å². The summed E-state index contributed by atoms with van der Waals surface area (Å²) in [6, 6.07) is 14.2. The van der Waals surface area contributed by atoms with Gasteiger partial charge < -0.3 is 9.26 Å². The van der Waals surface area contributed by atoms with E-state index in [1.165, 1.54) is 0 Å². The lowest BCUT2D eigenvalue weighted by atomic mass is 10.0. The second kappa shape index (κ2) is 7.64. The number of aryl methyl sites for hydroxylation is 1. The van der Waals surface area contributed by atoms with E-state index >= 15 is 0 Å². The molecule has 0 radical (unpaired) electrons. The maximum Gasteiger partial charge on any atom is 0.174 e. The molecule has 1 heterocycles. The van der Waals surface area contributed by atoms with Crippen molar-refractivity contribution in [3.05, 3.63) is 48.0 Å². The lowest BCUT2D eigenvalue weighted by molar-refractivity contribution is 0.315. The molecule has 120 valence electrons. The highest BCUT2D eigenvalue weighted by atomic mass is 79.9. The summed E-state index contributed by atoms with van der Waals surface area (Å²) in [5.74, 6) is 0.913. The molecule has 0 aliphatic heterocycles. The van der Waals surface area contributed by atoms with E-state index in [0.29, 0.717) is 6.61 Å². The zero-order valence-corrected chi connectivity index (χ0v) is 14.8. The van der Waals surface area contributed by atoms with Gasteiger partial charge >= 0.3 is 0 Å². The Morgan fingerprint density at radius 2 is 1.96 bits per heavy atom. The van der Waals surface area contributed by atoms with Crippen LogP contribution in [0.25, 0.3) is 22.2 Å². The minimum Gasteiger partial charge on any atom is -0.493 e. The van der Waals surface area contributed by atoms with Gasteiger partial charge in [-0.1, -0.05) is 64.8 Å².